The van der Waals surface area contributed by atoms with Crippen LogP contribution < -0.4 is 10.0 Å². The zero-order valence-corrected chi connectivity index (χ0v) is 18.3. The van der Waals surface area contributed by atoms with Crippen molar-refractivity contribution in [3.05, 3.63) is 59.4 Å². The maximum Gasteiger partial charge on any atom is 0.255 e. The molecule has 0 atom stereocenters. The highest BCUT2D eigenvalue weighted by atomic mass is 32.2. The second-order valence-electron chi connectivity index (χ2n) is 8.19. The third kappa shape index (κ3) is 5.67. The Morgan fingerprint density at radius 3 is 2.23 bits per heavy atom. The quantitative estimate of drug-likeness (QED) is 0.616. The SMILES string of the molecule is CC(C)c1ccc(NC(=O)c2ccc(F)c(S(=O)(=O)NC3CCCCCC3)c2)cc1. The molecule has 0 bridgehead atoms. The van der Waals surface area contributed by atoms with Gasteiger partial charge in [-0.1, -0.05) is 51.7 Å². The minimum Gasteiger partial charge on any atom is -0.322 e. The molecule has 0 saturated heterocycles. The van der Waals surface area contributed by atoms with Crippen molar-refractivity contribution in [1.29, 1.82) is 0 Å². The fourth-order valence-electron chi connectivity index (χ4n) is 3.69. The highest BCUT2D eigenvalue weighted by Gasteiger charge is 2.25. The van der Waals surface area contributed by atoms with E-state index in [9.17, 15) is 17.6 Å². The normalized spacial score (nSPS) is 15.7. The van der Waals surface area contributed by atoms with E-state index in [1.165, 1.54) is 6.07 Å². The van der Waals surface area contributed by atoms with Gasteiger partial charge in [0.2, 0.25) is 10.0 Å². The van der Waals surface area contributed by atoms with Crippen molar-refractivity contribution >= 4 is 21.6 Å². The minimum atomic E-state index is -4.06. The largest absolute Gasteiger partial charge is 0.322 e. The molecule has 7 heteroatoms. The van der Waals surface area contributed by atoms with Gasteiger partial charge in [0, 0.05) is 17.3 Å². The van der Waals surface area contributed by atoms with Gasteiger partial charge in [-0.2, -0.15) is 0 Å². The van der Waals surface area contributed by atoms with Crippen LogP contribution in [0.2, 0.25) is 0 Å². The maximum absolute atomic E-state index is 14.4. The molecule has 0 heterocycles. The molecule has 30 heavy (non-hydrogen) atoms. The van der Waals surface area contributed by atoms with Crippen LogP contribution in [0.25, 0.3) is 0 Å². The molecule has 5 nitrogen and oxygen atoms in total. The first-order chi connectivity index (χ1) is 14.3. The number of carbonyl (C=O) groups is 1. The highest BCUT2D eigenvalue weighted by molar-refractivity contribution is 7.89. The van der Waals surface area contributed by atoms with Gasteiger partial charge in [0.25, 0.3) is 5.91 Å². The molecule has 162 valence electrons. The molecule has 0 spiro atoms. The third-order valence-electron chi connectivity index (χ3n) is 5.50. The number of rotatable bonds is 6. The molecular weight excluding hydrogens is 403 g/mol. The average Bonchev–Trinajstić information content (AvgIpc) is 2.96. The Bertz CT molecular complexity index is 980. The zero-order valence-electron chi connectivity index (χ0n) is 17.4. The molecule has 0 aliphatic heterocycles. The van der Waals surface area contributed by atoms with Gasteiger partial charge in [-0.05, 0) is 54.7 Å². The Morgan fingerprint density at radius 1 is 1.00 bits per heavy atom. The zero-order chi connectivity index (χ0) is 21.7. The lowest BCUT2D eigenvalue weighted by molar-refractivity contribution is 0.102. The van der Waals surface area contributed by atoms with Gasteiger partial charge in [-0.25, -0.2) is 17.5 Å². The van der Waals surface area contributed by atoms with E-state index in [-0.39, 0.29) is 11.6 Å². The Hall–Kier alpha value is -2.25. The molecule has 0 aromatic heterocycles. The molecule has 1 aliphatic carbocycles. The van der Waals surface area contributed by atoms with Crippen LogP contribution in [0.4, 0.5) is 10.1 Å². The van der Waals surface area contributed by atoms with E-state index in [2.05, 4.69) is 23.9 Å². The molecule has 3 rings (SSSR count). The van der Waals surface area contributed by atoms with Gasteiger partial charge < -0.3 is 5.32 Å². The Kier molecular flexibility index (Phi) is 7.26. The van der Waals surface area contributed by atoms with Crippen molar-refractivity contribution in [3.8, 4) is 0 Å². The lowest BCUT2D eigenvalue weighted by Crippen LogP contribution is -2.35. The van der Waals surface area contributed by atoms with Crippen LogP contribution in [0.15, 0.2) is 47.4 Å². The topological polar surface area (TPSA) is 75.3 Å². The van der Waals surface area contributed by atoms with Gasteiger partial charge >= 0.3 is 0 Å². The molecule has 2 aromatic rings. The van der Waals surface area contributed by atoms with Crippen LogP contribution in [0, 0.1) is 5.82 Å². The summed E-state index contributed by atoms with van der Waals surface area (Å²) in [6, 6.07) is 10.7. The number of nitrogens with one attached hydrogen (secondary N) is 2. The van der Waals surface area contributed by atoms with E-state index in [1.54, 1.807) is 12.1 Å². The number of halogens is 1. The fourth-order valence-corrected chi connectivity index (χ4v) is 5.09. The minimum absolute atomic E-state index is 0.0885. The molecule has 1 aliphatic rings. The summed E-state index contributed by atoms with van der Waals surface area (Å²) >= 11 is 0. The summed E-state index contributed by atoms with van der Waals surface area (Å²) < 4.78 is 42.6. The molecule has 1 amide bonds. The third-order valence-corrected chi connectivity index (χ3v) is 7.03. The van der Waals surface area contributed by atoms with Crippen molar-refractivity contribution in [2.24, 2.45) is 0 Å². The molecule has 2 N–H and O–H groups in total. The first kappa shape index (κ1) is 22.4. The van der Waals surface area contributed by atoms with E-state index in [4.69, 9.17) is 0 Å². The fraction of sp³-hybridized carbons (Fsp3) is 0.435. The lowest BCUT2D eigenvalue weighted by Gasteiger charge is -2.17. The number of carbonyl (C=O) groups excluding carboxylic acids is 1. The van der Waals surface area contributed by atoms with Gasteiger partial charge in [-0.3, -0.25) is 4.79 Å². The summed E-state index contributed by atoms with van der Waals surface area (Å²) in [7, 11) is -4.06. The Labute approximate surface area is 178 Å². The number of benzene rings is 2. The Morgan fingerprint density at radius 2 is 1.63 bits per heavy atom. The van der Waals surface area contributed by atoms with Crippen molar-refractivity contribution in [1.82, 2.24) is 4.72 Å². The molecule has 1 saturated carbocycles. The van der Waals surface area contributed by atoms with Crippen molar-refractivity contribution in [2.75, 3.05) is 5.32 Å². The molecule has 2 aromatic carbocycles. The van der Waals surface area contributed by atoms with E-state index >= 15 is 0 Å². The summed E-state index contributed by atoms with van der Waals surface area (Å²) in [6.45, 7) is 4.16. The predicted octanol–water partition coefficient (Wildman–Crippen LogP) is 5.20. The van der Waals surface area contributed by atoms with Crippen LogP contribution >= 0.6 is 0 Å². The van der Waals surface area contributed by atoms with Crippen LogP contribution in [-0.4, -0.2) is 20.4 Å². The van der Waals surface area contributed by atoms with E-state index < -0.39 is 26.6 Å². The monoisotopic (exact) mass is 432 g/mol. The molecule has 0 unspecified atom stereocenters. The van der Waals surface area contributed by atoms with Gasteiger partial charge in [0.1, 0.15) is 10.7 Å². The lowest BCUT2D eigenvalue weighted by atomic mass is 10.0. The van der Waals surface area contributed by atoms with Gasteiger partial charge in [0.15, 0.2) is 0 Å². The first-order valence-corrected chi connectivity index (χ1v) is 12.0. The average molecular weight is 433 g/mol. The summed E-state index contributed by atoms with van der Waals surface area (Å²) in [5, 5.41) is 2.74. The van der Waals surface area contributed by atoms with Gasteiger partial charge in [-0.15, -0.1) is 0 Å². The first-order valence-electron chi connectivity index (χ1n) is 10.5. The van der Waals surface area contributed by atoms with Gasteiger partial charge in [0.05, 0.1) is 0 Å². The smallest absolute Gasteiger partial charge is 0.255 e. The summed E-state index contributed by atoms with van der Waals surface area (Å²) in [4.78, 5) is 12.1. The Balaban J connectivity index is 1.77. The molecule has 0 radical (unpaired) electrons. The molecular formula is C23H29FN2O3S. The van der Waals surface area contributed by atoms with E-state index in [0.29, 0.717) is 11.6 Å². The van der Waals surface area contributed by atoms with E-state index in [1.807, 2.05) is 12.1 Å². The van der Waals surface area contributed by atoms with Crippen molar-refractivity contribution < 1.29 is 17.6 Å². The summed E-state index contributed by atoms with van der Waals surface area (Å²) in [5.41, 5.74) is 1.83. The second-order valence-corrected chi connectivity index (χ2v) is 9.87. The highest BCUT2D eigenvalue weighted by Crippen LogP contribution is 2.23. The maximum atomic E-state index is 14.4. The van der Waals surface area contributed by atoms with Crippen molar-refractivity contribution in [2.45, 2.75) is 69.2 Å². The predicted molar refractivity (Wildman–Crippen MR) is 117 cm³/mol. The van der Waals surface area contributed by atoms with Crippen LogP contribution in [0.1, 0.15) is 74.2 Å². The second kappa shape index (κ2) is 9.71. The standard InChI is InChI=1S/C23H29FN2O3S/c1-16(2)17-9-12-19(13-10-17)25-23(27)18-11-14-21(24)22(15-18)30(28,29)26-20-7-5-3-4-6-8-20/h9-16,20,26H,3-8H2,1-2H3,(H,25,27). The summed E-state index contributed by atoms with van der Waals surface area (Å²) in [5.74, 6) is -0.979. The van der Waals surface area contributed by atoms with Crippen LogP contribution in [0.5, 0.6) is 0 Å². The van der Waals surface area contributed by atoms with Crippen LogP contribution in [-0.2, 0) is 10.0 Å². The number of anilines is 1. The van der Waals surface area contributed by atoms with E-state index in [0.717, 1.165) is 56.2 Å². The van der Waals surface area contributed by atoms with Crippen LogP contribution in [0.3, 0.4) is 0 Å². The summed E-state index contributed by atoms with van der Waals surface area (Å²) in [6.07, 6.45) is 5.56. The number of amides is 1. The number of hydrogen-bond donors (Lipinski definition) is 2. The van der Waals surface area contributed by atoms with Crippen molar-refractivity contribution in [3.63, 3.8) is 0 Å². The molecule has 1 fully saturated rings. The number of sulfonamides is 1. The number of hydrogen-bond acceptors (Lipinski definition) is 3.